The molecule has 1 aliphatic rings. The molecule has 0 spiro atoms. The standard InChI is InChI=1S/C11H17ClN4O/c1-8-14-9(12)6-10(15-8)16-4-2-11(13,7-17)3-5-16/h6,17H,2-5,7,13H2,1H3. The zero-order valence-electron chi connectivity index (χ0n) is 9.86. The van der Waals surface area contributed by atoms with E-state index in [9.17, 15) is 5.11 Å². The SMILES string of the molecule is Cc1nc(Cl)cc(N2CCC(N)(CO)CC2)n1. The maximum atomic E-state index is 9.21. The molecule has 94 valence electrons. The number of halogens is 1. The molecule has 1 aromatic heterocycles. The highest BCUT2D eigenvalue weighted by Gasteiger charge is 2.30. The summed E-state index contributed by atoms with van der Waals surface area (Å²) in [6, 6.07) is 1.76. The molecule has 5 nitrogen and oxygen atoms in total. The third-order valence-corrected chi connectivity index (χ3v) is 3.38. The van der Waals surface area contributed by atoms with E-state index in [1.165, 1.54) is 0 Å². The van der Waals surface area contributed by atoms with Crippen LogP contribution < -0.4 is 10.6 Å². The molecule has 0 radical (unpaired) electrons. The number of rotatable bonds is 2. The van der Waals surface area contributed by atoms with Gasteiger partial charge in [0, 0.05) is 24.7 Å². The number of nitrogens with zero attached hydrogens (tertiary/aromatic N) is 3. The van der Waals surface area contributed by atoms with Crippen LogP contribution in [0.3, 0.4) is 0 Å². The van der Waals surface area contributed by atoms with Gasteiger partial charge in [0.05, 0.1) is 6.61 Å². The normalized spacial score (nSPS) is 19.4. The summed E-state index contributed by atoms with van der Waals surface area (Å²) < 4.78 is 0. The molecule has 1 fully saturated rings. The van der Waals surface area contributed by atoms with Gasteiger partial charge in [-0.15, -0.1) is 0 Å². The molecule has 17 heavy (non-hydrogen) atoms. The van der Waals surface area contributed by atoms with Crippen LogP contribution in [0.5, 0.6) is 0 Å². The van der Waals surface area contributed by atoms with Crippen molar-refractivity contribution in [2.24, 2.45) is 5.73 Å². The summed E-state index contributed by atoms with van der Waals surface area (Å²) in [5.74, 6) is 1.50. The average molecular weight is 257 g/mol. The maximum Gasteiger partial charge on any atom is 0.134 e. The molecule has 0 aliphatic carbocycles. The molecule has 2 rings (SSSR count). The predicted octanol–water partition coefficient (Wildman–Crippen LogP) is 0.728. The second-order valence-corrected chi connectivity index (χ2v) is 4.99. The van der Waals surface area contributed by atoms with E-state index in [0.717, 1.165) is 31.7 Å². The van der Waals surface area contributed by atoms with Gasteiger partial charge in [0.2, 0.25) is 0 Å². The Hall–Kier alpha value is -0.910. The van der Waals surface area contributed by atoms with E-state index in [1.807, 2.05) is 6.92 Å². The molecule has 0 bridgehead atoms. The van der Waals surface area contributed by atoms with Gasteiger partial charge in [0.25, 0.3) is 0 Å². The molecule has 2 heterocycles. The molecular weight excluding hydrogens is 240 g/mol. The van der Waals surface area contributed by atoms with Crippen LogP contribution in [0.1, 0.15) is 18.7 Å². The van der Waals surface area contributed by atoms with Crippen molar-refractivity contribution in [2.75, 3.05) is 24.6 Å². The van der Waals surface area contributed by atoms with Crippen molar-refractivity contribution < 1.29 is 5.11 Å². The Morgan fingerprint density at radius 2 is 2.12 bits per heavy atom. The Kier molecular flexibility index (Phi) is 3.51. The van der Waals surface area contributed by atoms with Gasteiger partial charge < -0.3 is 15.7 Å². The van der Waals surface area contributed by atoms with Gasteiger partial charge in [0.15, 0.2) is 0 Å². The van der Waals surface area contributed by atoms with Crippen LogP contribution in [-0.2, 0) is 0 Å². The van der Waals surface area contributed by atoms with Gasteiger partial charge in [-0.3, -0.25) is 0 Å². The molecule has 0 saturated carbocycles. The number of aryl methyl sites for hydroxylation is 1. The van der Waals surface area contributed by atoms with Crippen LogP contribution in [0.15, 0.2) is 6.07 Å². The summed E-state index contributed by atoms with van der Waals surface area (Å²) >= 11 is 5.91. The number of anilines is 1. The lowest BCUT2D eigenvalue weighted by Gasteiger charge is -2.38. The van der Waals surface area contributed by atoms with Crippen molar-refractivity contribution in [3.63, 3.8) is 0 Å². The van der Waals surface area contributed by atoms with E-state index in [-0.39, 0.29) is 6.61 Å². The number of hydrogen-bond donors (Lipinski definition) is 2. The smallest absolute Gasteiger partial charge is 0.134 e. The second kappa shape index (κ2) is 4.76. The van der Waals surface area contributed by atoms with Crippen molar-refractivity contribution in [2.45, 2.75) is 25.3 Å². The number of hydrogen-bond acceptors (Lipinski definition) is 5. The third kappa shape index (κ3) is 2.86. The minimum Gasteiger partial charge on any atom is -0.394 e. The summed E-state index contributed by atoms with van der Waals surface area (Å²) in [6.45, 7) is 3.42. The summed E-state index contributed by atoms with van der Waals surface area (Å²) in [5, 5.41) is 9.66. The van der Waals surface area contributed by atoms with Crippen molar-refractivity contribution >= 4 is 17.4 Å². The quantitative estimate of drug-likeness (QED) is 0.763. The van der Waals surface area contributed by atoms with Crippen LogP contribution in [-0.4, -0.2) is 40.3 Å². The largest absolute Gasteiger partial charge is 0.394 e. The topological polar surface area (TPSA) is 75.3 Å². The van der Waals surface area contributed by atoms with Crippen molar-refractivity contribution in [3.05, 3.63) is 17.0 Å². The second-order valence-electron chi connectivity index (χ2n) is 4.60. The number of aromatic nitrogens is 2. The Morgan fingerprint density at radius 1 is 1.47 bits per heavy atom. The Morgan fingerprint density at radius 3 is 2.65 bits per heavy atom. The highest BCUT2D eigenvalue weighted by molar-refractivity contribution is 6.29. The highest BCUT2D eigenvalue weighted by Crippen LogP contribution is 2.24. The van der Waals surface area contributed by atoms with Crippen molar-refractivity contribution in [1.29, 1.82) is 0 Å². The number of piperidine rings is 1. The minimum atomic E-state index is -0.442. The molecule has 6 heteroatoms. The first kappa shape index (κ1) is 12.5. The molecule has 0 amide bonds. The van der Waals surface area contributed by atoms with E-state index in [4.69, 9.17) is 17.3 Å². The fourth-order valence-electron chi connectivity index (χ4n) is 2.02. The molecule has 0 aromatic carbocycles. The molecule has 1 aromatic rings. The first-order chi connectivity index (χ1) is 8.02. The first-order valence-corrected chi connectivity index (χ1v) is 6.06. The van der Waals surface area contributed by atoms with E-state index < -0.39 is 5.54 Å². The minimum absolute atomic E-state index is 0.0321. The first-order valence-electron chi connectivity index (χ1n) is 5.68. The summed E-state index contributed by atoms with van der Waals surface area (Å²) in [4.78, 5) is 10.5. The number of aliphatic hydroxyl groups is 1. The van der Waals surface area contributed by atoms with Crippen LogP contribution in [0, 0.1) is 6.92 Å². The van der Waals surface area contributed by atoms with Gasteiger partial charge in [-0.2, -0.15) is 0 Å². The van der Waals surface area contributed by atoms with Crippen LogP contribution in [0.25, 0.3) is 0 Å². The van der Waals surface area contributed by atoms with Crippen LogP contribution in [0.4, 0.5) is 5.82 Å². The third-order valence-electron chi connectivity index (χ3n) is 3.19. The maximum absolute atomic E-state index is 9.21. The van der Waals surface area contributed by atoms with Gasteiger partial charge in [-0.1, -0.05) is 11.6 Å². The summed E-state index contributed by atoms with van der Waals surface area (Å²) in [5.41, 5.74) is 5.58. The zero-order valence-corrected chi connectivity index (χ0v) is 10.6. The Bertz CT molecular complexity index is 384. The van der Waals surface area contributed by atoms with E-state index in [0.29, 0.717) is 11.0 Å². The van der Waals surface area contributed by atoms with E-state index >= 15 is 0 Å². The molecule has 0 unspecified atom stereocenters. The fourth-order valence-corrected chi connectivity index (χ4v) is 2.24. The number of aliphatic hydroxyl groups excluding tert-OH is 1. The summed E-state index contributed by atoms with van der Waals surface area (Å²) in [6.07, 6.45) is 1.51. The molecule has 0 atom stereocenters. The van der Waals surface area contributed by atoms with Crippen molar-refractivity contribution in [3.8, 4) is 0 Å². The van der Waals surface area contributed by atoms with Crippen LogP contribution >= 0.6 is 11.6 Å². The average Bonchev–Trinajstić information content (AvgIpc) is 2.29. The van der Waals surface area contributed by atoms with Crippen LogP contribution in [0.2, 0.25) is 5.15 Å². The fraction of sp³-hybridized carbons (Fsp3) is 0.636. The summed E-state index contributed by atoms with van der Waals surface area (Å²) in [7, 11) is 0. The van der Waals surface area contributed by atoms with Gasteiger partial charge in [-0.05, 0) is 19.8 Å². The Balaban J connectivity index is 2.10. The lowest BCUT2D eigenvalue weighted by Crippen LogP contribution is -2.53. The van der Waals surface area contributed by atoms with Crippen molar-refractivity contribution in [1.82, 2.24) is 9.97 Å². The molecule has 1 saturated heterocycles. The predicted molar refractivity (Wildman–Crippen MR) is 67.2 cm³/mol. The molecular formula is C11H17ClN4O. The monoisotopic (exact) mass is 256 g/mol. The van der Waals surface area contributed by atoms with Gasteiger partial charge in [-0.25, -0.2) is 9.97 Å². The zero-order chi connectivity index (χ0) is 12.5. The lowest BCUT2D eigenvalue weighted by molar-refractivity contribution is 0.170. The molecule has 1 aliphatic heterocycles. The van der Waals surface area contributed by atoms with Gasteiger partial charge >= 0.3 is 0 Å². The lowest BCUT2D eigenvalue weighted by atomic mass is 9.89. The van der Waals surface area contributed by atoms with Gasteiger partial charge in [0.1, 0.15) is 16.8 Å². The molecule has 3 N–H and O–H groups in total. The number of nitrogens with two attached hydrogens (primary N) is 1. The highest BCUT2D eigenvalue weighted by atomic mass is 35.5. The van der Waals surface area contributed by atoms with E-state index in [1.54, 1.807) is 6.07 Å². The van der Waals surface area contributed by atoms with E-state index in [2.05, 4.69) is 14.9 Å². The Labute approximate surface area is 106 Å².